The standard InChI is InChI=1S/C16H24NO4PS2/c1-15(2,3)9-16(8-12(19)21-13(16)20)22(4)10-24-14(23)17-7-5-6-11(17)18/h5-10H2,1-4H3. The van der Waals surface area contributed by atoms with Crippen LogP contribution < -0.4 is 0 Å². The average molecular weight is 389 g/mol. The molecule has 2 rings (SSSR count). The molecule has 0 aromatic heterocycles. The predicted molar refractivity (Wildman–Crippen MR) is 101 cm³/mol. The SMILES string of the molecule is CP(CSC(=S)N1CCCC1=O)C1(CC(C)(C)C)CC(=O)OC1=O. The van der Waals surface area contributed by atoms with Crippen LogP contribution in [0.5, 0.6) is 0 Å². The second-order valence-corrected chi connectivity index (χ2v) is 12.2. The number of thioether (sulfide) groups is 1. The average Bonchev–Trinajstić information content (AvgIpc) is 2.98. The van der Waals surface area contributed by atoms with E-state index in [-0.39, 0.29) is 23.7 Å². The van der Waals surface area contributed by atoms with Crippen molar-refractivity contribution in [2.45, 2.75) is 51.6 Å². The van der Waals surface area contributed by atoms with Crippen molar-refractivity contribution in [1.82, 2.24) is 4.90 Å². The highest BCUT2D eigenvalue weighted by molar-refractivity contribution is 8.25. The third-order valence-corrected chi connectivity index (χ3v) is 9.32. The van der Waals surface area contributed by atoms with Crippen LogP contribution in [0.25, 0.3) is 0 Å². The fourth-order valence-corrected chi connectivity index (χ4v) is 7.90. The van der Waals surface area contributed by atoms with Gasteiger partial charge in [-0.25, -0.2) is 0 Å². The molecule has 8 heteroatoms. The molecule has 2 saturated heterocycles. The number of ether oxygens (including phenoxy) is 1. The highest BCUT2D eigenvalue weighted by Crippen LogP contribution is 2.58. The molecule has 2 heterocycles. The zero-order chi connectivity index (χ0) is 18.1. The Morgan fingerprint density at radius 2 is 2.04 bits per heavy atom. The van der Waals surface area contributed by atoms with Crippen LogP contribution in [-0.4, -0.2) is 50.9 Å². The summed E-state index contributed by atoms with van der Waals surface area (Å²) in [6, 6.07) is 0. The van der Waals surface area contributed by atoms with E-state index in [1.165, 1.54) is 11.8 Å². The van der Waals surface area contributed by atoms with Gasteiger partial charge in [0.2, 0.25) is 5.91 Å². The lowest BCUT2D eigenvalue weighted by molar-refractivity contribution is -0.153. The number of nitrogens with zero attached hydrogens (tertiary/aromatic N) is 1. The van der Waals surface area contributed by atoms with E-state index in [2.05, 4.69) is 20.8 Å². The van der Waals surface area contributed by atoms with Crippen LogP contribution in [-0.2, 0) is 19.1 Å². The lowest BCUT2D eigenvalue weighted by Gasteiger charge is -2.36. The minimum absolute atomic E-state index is 0.0767. The molecule has 0 aromatic carbocycles. The minimum atomic E-state index is -0.815. The van der Waals surface area contributed by atoms with Gasteiger partial charge in [-0.3, -0.25) is 19.3 Å². The van der Waals surface area contributed by atoms with E-state index in [9.17, 15) is 14.4 Å². The van der Waals surface area contributed by atoms with Crippen molar-refractivity contribution < 1.29 is 19.1 Å². The number of carbonyl (C=O) groups is 3. The number of rotatable bonds is 4. The second kappa shape index (κ2) is 7.38. The first kappa shape index (κ1) is 19.8. The number of cyclic esters (lactones) is 2. The van der Waals surface area contributed by atoms with Gasteiger partial charge in [-0.15, -0.1) is 0 Å². The van der Waals surface area contributed by atoms with E-state index < -0.39 is 19.0 Å². The third-order valence-electron chi connectivity index (χ3n) is 4.25. The van der Waals surface area contributed by atoms with E-state index in [0.29, 0.717) is 29.2 Å². The molecular formula is C16H24NO4PS2. The molecule has 0 spiro atoms. The molecule has 2 atom stereocenters. The van der Waals surface area contributed by atoms with Gasteiger partial charge in [0.1, 0.15) is 4.32 Å². The van der Waals surface area contributed by atoms with E-state index in [4.69, 9.17) is 17.0 Å². The van der Waals surface area contributed by atoms with E-state index in [0.717, 1.165) is 6.42 Å². The molecule has 0 saturated carbocycles. The summed E-state index contributed by atoms with van der Waals surface area (Å²) in [6.45, 7) is 8.90. The van der Waals surface area contributed by atoms with Gasteiger partial charge >= 0.3 is 11.9 Å². The lowest BCUT2D eigenvalue weighted by Crippen LogP contribution is -2.37. The van der Waals surface area contributed by atoms with Crippen LogP contribution in [0.3, 0.4) is 0 Å². The smallest absolute Gasteiger partial charge is 0.324 e. The lowest BCUT2D eigenvalue weighted by atomic mass is 9.83. The first-order chi connectivity index (χ1) is 11.0. The van der Waals surface area contributed by atoms with Gasteiger partial charge < -0.3 is 4.74 Å². The topological polar surface area (TPSA) is 63.7 Å². The summed E-state index contributed by atoms with van der Waals surface area (Å²) in [7, 11) is -0.815. The Labute approximate surface area is 154 Å². The van der Waals surface area contributed by atoms with Crippen molar-refractivity contribution >= 4 is 54.1 Å². The van der Waals surface area contributed by atoms with Crippen molar-refractivity contribution in [1.29, 1.82) is 0 Å². The molecule has 2 unspecified atom stereocenters. The molecule has 1 amide bonds. The van der Waals surface area contributed by atoms with Crippen molar-refractivity contribution in [3.05, 3.63) is 0 Å². The molecule has 2 aliphatic rings. The molecule has 0 aliphatic carbocycles. The van der Waals surface area contributed by atoms with Crippen LogP contribution >= 0.6 is 31.9 Å². The maximum absolute atomic E-state index is 12.4. The highest BCUT2D eigenvalue weighted by atomic mass is 32.2. The fourth-order valence-electron chi connectivity index (χ4n) is 3.18. The van der Waals surface area contributed by atoms with Gasteiger partial charge in [-0.05, 0) is 24.9 Å². The van der Waals surface area contributed by atoms with Gasteiger partial charge in [0.05, 0.1) is 11.6 Å². The summed E-state index contributed by atoms with van der Waals surface area (Å²) >= 11 is 6.82. The van der Waals surface area contributed by atoms with Gasteiger partial charge in [0, 0.05) is 18.5 Å². The maximum Gasteiger partial charge on any atom is 0.324 e. The zero-order valence-corrected chi connectivity index (χ0v) is 17.1. The molecule has 2 fully saturated rings. The summed E-state index contributed by atoms with van der Waals surface area (Å²) < 4.78 is 5.48. The Balaban J connectivity index is 2.07. The zero-order valence-electron chi connectivity index (χ0n) is 14.6. The van der Waals surface area contributed by atoms with Crippen LogP contribution in [0.4, 0.5) is 0 Å². The van der Waals surface area contributed by atoms with Crippen LogP contribution in [0, 0.1) is 5.41 Å². The fraction of sp³-hybridized carbons (Fsp3) is 0.750. The van der Waals surface area contributed by atoms with E-state index >= 15 is 0 Å². The molecule has 0 bridgehead atoms. The Morgan fingerprint density at radius 3 is 2.50 bits per heavy atom. The number of likely N-dealkylation sites (tertiary alicyclic amines) is 1. The maximum atomic E-state index is 12.4. The van der Waals surface area contributed by atoms with Gasteiger partial charge in [-0.1, -0.05) is 52.7 Å². The molecule has 0 radical (unpaired) electrons. The van der Waals surface area contributed by atoms with E-state index in [1.807, 2.05) is 6.66 Å². The first-order valence-corrected chi connectivity index (χ1v) is 11.4. The first-order valence-electron chi connectivity index (χ1n) is 7.99. The molecule has 5 nitrogen and oxygen atoms in total. The van der Waals surface area contributed by atoms with Crippen molar-refractivity contribution in [2.24, 2.45) is 5.41 Å². The Bertz CT molecular complexity index is 575. The Kier molecular flexibility index (Phi) is 6.09. The Morgan fingerprint density at radius 1 is 1.38 bits per heavy atom. The summed E-state index contributed by atoms with van der Waals surface area (Å²) in [6.07, 6.45) is 2.16. The number of thiocarbonyl (C=S) groups is 1. The van der Waals surface area contributed by atoms with Gasteiger partial charge in [0.15, 0.2) is 0 Å². The van der Waals surface area contributed by atoms with Gasteiger partial charge in [0.25, 0.3) is 0 Å². The monoisotopic (exact) mass is 389 g/mol. The summed E-state index contributed by atoms with van der Waals surface area (Å²) in [4.78, 5) is 37.6. The van der Waals surface area contributed by atoms with Crippen molar-refractivity contribution in [3.8, 4) is 0 Å². The minimum Gasteiger partial charge on any atom is -0.392 e. The number of carbonyl (C=O) groups excluding carboxylic acids is 3. The summed E-state index contributed by atoms with van der Waals surface area (Å²) in [5, 5.41) is -0.734. The number of hydrogen-bond donors (Lipinski definition) is 0. The highest BCUT2D eigenvalue weighted by Gasteiger charge is 2.54. The summed E-state index contributed by atoms with van der Waals surface area (Å²) in [5.74, 6) is -0.742. The molecule has 0 aromatic rings. The van der Waals surface area contributed by atoms with Gasteiger partial charge in [-0.2, -0.15) is 0 Å². The predicted octanol–water partition coefficient (Wildman–Crippen LogP) is 3.34. The molecular weight excluding hydrogens is 365 g/mol. The van der Waals surface area contributed by atoms with E-state index in [1.54, 1.807) is 4.90 Å². The summed E-state index contributed by atoms with van der Waals surface area (Å²) in [5.41, 5.74) is 0.562. The van der Waals surface area contributed by atoms with Crippen molar-refractivity contribution in [3.63, 3.8) is 0 Å². The number of amides is 1. The molecule has 0 N–H and O–H groups in total. The van der Waals surface area contributed by atoms with Crippen molar-refractivity contribution in [2.75, 3.05) is 18.7 Å². The number of esters is 2. The molecule has 24 heavy (non-hydrogen) atoms. The van der Waals surface area contributed by atoms with Crippen LogP contribution in [0.15, 0.2) is 0 Å². The van der Waals surface area contributed by atoms with Crippen LogP contribution in [0.1, 0.15) is 46.5 Å². The second-order valence-electron chi connectivity index (χ2n) is 7.59. The largest absolute Gasteiger partial charge is 0.392 e. The quantitative estimate of drug-likeness (QED) is 0.318. The third kappa shape index (κ3) is 4.36. The normalized spacial score (nSPS) is 26.0. The molecule has 134 valence electrons. The van der Waals surface area contributed by atoms with Crippen LogP contribution in [0.2, 0.25) is 0 Å². The molecule has 2 aliphatic heterocycles. The Hall–Kier alpha value is -0.520. The number of hydrogen-bond acceptors (Lipinski definition) is 6.